The van der Waals surface area contributed by atoms with Gasteiger partial charge in [-0.15, -0.1) is 0 Å². The molecular formula is C16H23N5O4. The molecule has 1 heterocycles. The van der Waals surface area contributed by atoms with Crippen LogP contribution in [0.1, 0.15) is 30.1 Å². The van der Waals surface area contributed by atoms with E-state index < -0.39 is 18.1 Å². The van der Waals surface area contributed by atoms with Crippen molar-refractivity contribution in [1.29, 1.82) is 0 Å². The number of carbonyl (C=O) groups excluding carboxylic acids is 2. The van der Waals surface area contributed by atoms with E-state index in [9.17, 15) is 9.59 Å². The molecule has 1 aromatic carbocycles. The monoisotopic (exact) mass is 349 g/mol. The van der Waals surface area contributed by atoms with E-state index >= 15 is 0 Å². The molecular weight excluding hydrogens is 326 g/mol. The number of para-hydroxylation sites is 1. The van der Waals surface area contributed by atoms with Crippen molar-refractivity contribution in [2.45, 2.75) is 25.9 Å². The lowest BCUT2D eigenvalue weighted by molar-refractivity contribution is -0.138. The fourth-order valence-corrected chi connectivity index (χ4v) is 2.23. The number of esters is 2. The number of hydrogen-bond donors (Lipinski definition) is 4. The zero-order valence-electron chi connectivity index (χ0n) is 14.1. The second-order valence-corrected chi connectivity index (χ2v) is 5.38. The minimum atomic E-state index is -0.881. The van der Waals surface area contributed by atoms with Gasteiger partial charge in [0, 0.05) is 13.1 Å². The van der Waals surface area contributed by atoms with Crippen LogP contribution in [0.3, 0.4) is 0 Å². The molecule has 0 amide bonds. The molecule has 1 aromatic rings. The zero-order valence-corrected chi connectivity index (χ0v) is 14.1. The van der Waals surface area contributed by atoms with Crippen molar-refractivity contribution in [3.8, 4) is 5.75 Å². The van der Waals surface area contributed by atoms with Crippen LogP contribution in [0.2, 0.25) is 0 Å². The summed E-state index contributed by atoms with van der Waals surface area (Å²) in [6.45, 7) is 3.69. The lowest BCUT2D eigenvalue weighted by atomic mass is 10.1. The van der Waals surface area contributed by atoms with Gasteiger partial charge in [0.05, 0.1) is 30.4 Å². The molecule has 1 aliphatic rings. The second-order valence-electron chi connectivity index (χ2n) is 5.38. The molecule has 0 saturated heterocycles. The van der Waals surface area contributed by atoms with Gasteiger partial charge in [-0.05, 0) is 25.5 Å². The molecule has 0 saturated carbocycles. The fourth-order valence-electron chi connectivity index (χ4n) is 2.23. The van der Waals surface area contributed by atoms with Crippen LogP contribution in [0.5, 0.6) is 5.75 Å². The SMILES string of the molecule is CCOc1cccc(C(=O)OC(=O)CC(N)N)c1NC1=NCCCN1. The third-order valence-electron chi connectivity index (χ3n) is 3.30. The van der Waals surface area contributed by atoms with Gasteiger partial charge in [0.15, 0.2) is 5.96 Å². The van der Waals surface area contributed by atoms with Gasteiger partial charge in [-0.25, -0.2) is 4.79 Å². The highest BCUT2D eigenvalue weighted by Gasteiger charge is 2.22. The van der Waals surface area contributed by atoms with Crippen molar-refractivity contribution >= 4 is 23.6 Å². The number of rotatable bonds is 6. The highest BCUT2D eigenvalue weighted by molar-refractivity contribution is 6.06. The van der Waals surface area contributed by atoms with Crippen LogP contribution in [0.4, 0.5) is 5.69 Å². The number of guanidine groups is 1. The normalized spacial score (nSPS) is 13.7. The van der Waals surface area contributed by atoms with E-state index in [4.69, 9.17) is 20.9 Å². The summed E-state index contributed by atoms with van der Waals surface area (Å²) in [5.74, 6) is -0.621. The third kappa shape index (κ3) is 5.44. The first-order valence-electron chi connectivity index (χ1n) is 8.08. The number of nitrogens with zero attached hydrogens (tertiary/aromatic N) is 1. The molecule has 6 N–H and O–H groups in total. The van der Waals surface area contributed by atoms with E-state index in [0.29, 0.717) is 30.5 Å². The van der Waals surface area contributed by atoms with Crippen LogP contribution in [0, 0.1) is 0 Å². The van der Waals surface area contributed by atoms with Gasteiger partial charge < -0.3 is 31.6 Å². The summed E-state index contributed by atoms with van der Waals surface area (Å²) in [6, 6.07) is 4.89. The Morgan fingerprint density at radius 1 is 1.40 bits per heavy atom. The molecule has 9 heteroatoms. The molecule has 2 rings (SSSR count). The Bertz CT molecular complexity index is 660. The van der Waals surface area contributed by atoms with Crippen LogP contribution < -0.4 is 26.8 Å². The fraction of sp³-hybridized carbons (Fsp3) is 0.438. The van der Waals surface area contributed by atoms with Crippen LogP contribution in [-0.2, 0) is 9.53 Å². The smallest absolute Gasteiger partial charge is 0.348 e. The summed E-state index contributed by atoms with van der Waals surface area (Å²) in [5.41, 5.74) is 11.2. The first kappa shape index (κ1) is 18.7. The zero-order chi connectivity index (χ0) is 18.2. The predicted octanol–water partition coefficient (Wildman–Crippen LogP) is 0.164. The first-order valence-corrected chi connectivity index (χ1v) is 8.08. The van der Waals surface area contributed by atoms with Crippen molar-refractivity contribution in [3.63, 3.8) is 0 Å². The molecule has 0 aromatic heterocycles. The third-order valence-corrected chi connectivity index (χ3v) is 3.30. The molecule has 0 bridgehead atoms. The van der Waals surface area contributed by atoms with E-state index in [2.05, 4.69) is 15.6 Å². The highest BCUT2D eigenvalue weighted by atomic mass is 16.6. The maximum absolute atomic E-state index is 12.4. The van der Waals surface area contributed by atoms with Gasteiger partial charge in [-0.3, -0.25) is 9.79 Å². The predicted molar refractivity (Wildman–Crippen MR) is 93.4 cm³/mol. The number of benzene rings is 1. The topological polar surface area (TPSA) is 141 Å². The standard InChI is InChI=1S/C16H23N5O4/c1-2-24-11-6-3-5-10(15(23)25-13(22)9-12(17)18)14(11)21-16-19-7-4-8-20-16/h3,5-6,12H,2,4,7-9,17-18H2,1H3,(H2,19,20,21). The maximum Gasteiger partial charge on any atom is 0.348 e. The van der Waals surface area contributed by atoms with Crippen LogP contribution >= 0.6 is 0 Å². The molecule has 0 atom stereocenters. The average Bonchev–Trinajstić information content (AvgIpc) is 2.56. The number of aliphatic imine (C=N–C) groups is 1. The molecule has 0 radical (unpaired) electrons. The van der Waals surface area contributed by atoms with Gasteiger partial charge in [0.25, 0.3) is 0 Å². The average molecular weight is 349 g/mol. The first-order chi connectivity index (χ1) is 12.0. The highest BCUT2D eigenvalue weighted by Crippen LogP contribution is 2.29. The van der Waals surface area contributed by atoms with Crippen LogP contribution in [-0.4, -0.2) is 43.8 Å². The van der Waals surface area contributed by atoms with Gasteiger partial charge in [-0.2, -0.15) is 0 Å². The van der Waals surface area contributed by atoms with Gasteiger partial charge in [0.2, 0.25) is 0 Å². The largest absolute Gasteiger partial charge is 0.492 e. The molecule has 0 fully saturated rings. The number of nitrogens with two attached hydrogens (primary N) is 2. The molecule has 0 spiro atoms. The number of ether oxygens (including phenoxy) is 2. The maximum atomic E-state index is 12.4. The number of nitrogens with one attached hydrogen (secondary N) is 2. The number of anilines is 1. The van der Waals surface area contributed by atoms with Crippen molar-refractivity contribution in [2.24, 2.45) is 16.5 Å². The van der Waals surface area contributed by atoms with Crippen molar-refractivity contribution in [3.05, 3.63) is 23.8 Å². The molecule has 136 valence electrons. The second kappa shape index (κ2) is 9.00. The van der Waals surface area contributed by atoms with E-state index in [-0.39, 0.29) is 12.0 Å². The van der Waals surface area contributed by atoms with Crippen molar-refractivity contribution < 1.29 is 19.1 Å². The minimum Gasteiger partial charge on any atom is -0.492 e. The summed E-state index contributed by atoms with van der Waals surface area (Å²) < 4.78 is 10.4. The Balaban J connectivity index is 2.26. The van der Waals surface area contributed by atoms with Crippen LogP contribution in [0.15, 0.2) is 23.2 Å². The molecule has 9 nitrogen and oxygen atoms in total. The van der Waals surface area contributed by atoms with E-state index in [0.717, 1.165) is 13.0 Å². The number of carbonyl (C=O) groups is 2. The Labute approximate surface area is 145 Å². The lowest BCUT2D eigenvalue weighted by Crippen LogP contribution is -2.36. The molecule has 25 heavy (non-hydrogen) atoms. The van der Waals surface area contributed by atoms with E-state index in [1.807, 2.05) is 6.92 Å². The quantitative estimate of drug-likeness (QED) is 0.323. The van der Waals surface area contributed by atoms with E-state index in [1.165, 1.54) is 6.07 Å². The summed E-state index contributed by atoms with van der Waals surface area (Å²) in [5, 5.41) is 6.15. The van der Waals surface area contributed by atoms with Crippen molar-refractivity contribution in [2.75, 3.05) is 25.0 Å². The molecule has 0 unspecified atom stereocenters. The Morgan fingerprint density at radius 2 is 2.20 bits per heavy atom. The van der Waals surface area contributed by atoms with Crippen LogP contribution in [0.25, 0.3) is 0 Å². The molecule has 1 aliphatic heterocycles. The minimum absolute atomic E-state index is 0.153. The Kier molecular flexibility index (Phi) is 6.72. The van der Waals surface area contributed by atoms with Crippen molar-refractivity contribution in [1.82, 2.24) is 5.32 Å². The lowest BCUT2D eigenvalue weighted by Gasteiger charge is -2.20. The Hall–Kier alpha value is -2.65. The summed E-state index contributed by atoms with van der Waals surface area (Å²) in [6.07, 6.45) is -0.206. The molecule has 0 aliphatic carbocycles. The van der Waals surface area contributed by atoms with E-state index in [1.54, 1.807) is 12.1 Å². The Morgan fingerprint density at radius 3 is 2.84 bits per heavy atom. The van der Waals surface area contributed by atoms with Gasteiger partial charge in [-0.1, -0.05) is 6.07 Å². The summed E-state index contributed by atoms with van der Waals surface area (Å²) in [4.78, 5) is 28.3. The van der Waals surface area contributed by atoms with Gasteiger partial charge >= 0.3 is 11.9 Å². The number of hydrogen-bond acceptors (Lipinski definition) is 9. The summed E-state index contributed by atoms with van der Waals surface area (Å²) >= 11 is 0. The van der Waals surface area contributed by atoms with Gasteiger partial charge in [0.1, 0.15) is 5.75 Å². The summed E-state index contributed by atoms with van der Waals surface area (Å²) in [7, 11) is 0.